The van der Waals surface area contributed by atoms with E-state index in [9.17, 15) is 21.6 Å². The zero-order valence-electron chi connectivity index (χ0n) is 18.5. The standard InChI is InChI=1S/C22H22ClF3N6O2S/c1-27-35(33,34)16-8-9-18(32-10-2-3-19(32)22(24,25)26)17(11-16)31-21-12-20(28-13-29-21)30-15-6-4-14(23)5-7-15/h4-9,11-13,19,27H,2-3,10H2,1H3,(H2,28,29,30,31). The van der Waals surface area contributed by atoms with Crippen molar-refractivity contribution in [1.29, 1.82) is 0 Å². The fraction of sp³-hybridized carbons (Fsp3) is 0.273. The van der Waals surface area contributed by atoms with E-state index < -0.39 is 22.2 Å². The molecule has 0 aliphatic carbocycles. The molecule has 2 aromatic carbocycles. The summed E-state index contributed by atoms with van der Waals surface area (Å²) >= 11 is 5.91. The average molecular weight is 527 g/mol. The van der Waals surface area contributed by atoms with E-state index in [4.69, 9.17) is 11.6 Å². The van der Waals surface area contributed by atoms with Crippen molar-refractivity contribution >= 4 is 50.3 Å². The molecule has 35 heavy (non-hydrogen) atoms. The van der Waals surface area contributed by atoms with Crippen LogP contribution in [0.2, 0.25) is 5.02 Å². The molecule has 8 nitrogen and oxygen atoms in total. The average Bonchev–Trinajstić information content (AvgIpc) is 3.31. The lowest BCUT2D eigenvalue weighted by atomic mass is 10.2. The van der Waals surface area contributed by atoms with Crippen molar-refractivity contribution in [3.63, 3.8) is 0 Å². The van der Waals surface area contributed by atoms with Crippen molar-refractivity contribution in [1.82, 2.24) is 14.7 Å². The molecule has 1 aromatic heterocycles. The number of alkyl halides is 3. The molecule has 4 rings (SSSR count). The zero-order chi connectivity index (χ0) is 25.2. The molecule has 13 heteroatoms. The van der Waals surface area contributed by atoms with Crippen molar-refractivity contribution in [2.24, 2.45) is 0 Å². The van der Waals surface area contributed by atoms with Gasteiger partial charge in [0.2, 0.25) is 10.0 Å². The zero-order valence-corrected chi connectivity index (χ0v) is 20.0. The van der Waals surface area contributed by atoms with Gasteiger partial charge < -0.3 is 15.5 Å². The monoisotopic (exact) mass is 526 g/mol. The van der Waals surface area contributed by atoms with E-state index in [0.717, 1.165) is 0 Å². The maximum Gasteiger partial charge on any atom is 0.408 e. The van der Waals surface area contributed by atoms with Crippen molar-refractivity contribution in [2.75, 3.05) is 29.1 Å². The predicted molar refractivity (Wildman–Crippen MR) is 129 cm³/mol. The predicted octanol–water partition coefficient (Wildman–Crippen LogP) is 5.06. The summed E-state index contributed by atoms with van der Waals surface area (Å²) in [6.07, 6.45) is -2.82. The van der Waals surface area contributed by atoms with Crippen molar-refractivity contribution in [2.45, 2.75) is 30.0 Å². The summed E-state index contributed by atoms with van der Waals surface area (Å²) in [5.74, 6) is 0.680. The number of nitrogens with one attached hydrogen (secondary N) is 3. The highest BCUT2D eigenvalue weighted by molar-refractivity contribution is 7.89. The maximum atomic E-state index is 13.7. The van der Waals surface area contributed by atoms with E-state index in [2.05, 4.69) is 25.3 Å². The van der Waals surface area contributed by atoms with Gasteiger partial charge in [0, 0.05) is 23.3 Å². The van der Waals surface area contributed by atoms with E-state index >= 15 is 0 Å². The Morgan fingerprint density at radius 1 is 1.03 bits per heavy atom. The third-order valence-corrected chi connectivity index (χ3v) is 7.20. The fourth-order valence-corrected chi connectivity index (χ4v) is 4.74. The largest absolute Gasteiger partial charge is 0.408 e. The highest BCUT2D eigenvalue weighted by atomic mass is 35.5. The molecule has 1 unspecified atom stereocenters. The van der Waals surface area contributed by atoms with Gasteiger partial charge in [-0.05, 0) is 62.4 Å². The molecule has 1 fully saturated rings. The van der Waals surface area contributed by atoms with Crippen LogP contribution in [0.1, 0.15) is 12.8 Å². The molecule has 0 spiro atoms. The Morgan fingerprint density at radius 3 is 2.37 bits per heavy atom. The molecule has 2 heterocycles. The quantitative estimate of drug-likeness (QED) is 0.396. The molecule has 1 aliphatic rings. The van der Waals surface area contributed by atoms with Crippen molar-refractivity contribution in [3.05, 3.63) is 59.9 Å². The number of halogens is 4. The Hall–Kier alpha value is -3.09. The third-order valence-electron chi connectivity index (χ3n) is 5.53. The summed E-state index contributed by atoms with van der Waals surface area (Å²) in [5.41, 5.74) is 1.12. The molecule has 3 aromatic rings. The first kappa shape index (κ1) is 25.0. The second-order valence-electron chi connectivity index (χ2n) is 7.82. The van der Waals surface area contributed by atoms with Gasteiger partial charge in [0.05, 0.1) is 16.3 Å². The van der Waals surface area contributed by atoms with Crippen LogP contribution in [-0.2, 0) is 10.0 Å². The lowest BCUT2D eigenvalue weighted by Crippen LogP contribution is -2.41. The molecule has 0 amide bonds. The first-order valence-electron chi connectivity index (χ1n) is 10.6. The minimum Gasteiger partial charge on any atom is -0.358 e. The summed E-state index contributed by atoms with van der Waals surface area (Å²) in [5, 5.41) is 6.64. The maximum absolute atomic E-state index is 13.7. The minimum absolute atomic E-state index is 0.0395. The van der Waals surface area contributed by atoms with E-state index in [0.29, 0.717) is 22.9 Å². The van der Waals surface area contributed by atoms with Crippen molar-refractivity contribution < 1.29 is 21.6 Å². The summed E-state index contributed by atoms with van der Waals surface area (Å²) < 4.78 is 67.9. The number of benzene rings is 2. The van der Waals surface area contributed by atoms with Crippen LogP contribution in [-0.4, -0.2) is 44.2 Å². The van der Waals surface area contributed by atoms with E-state index in [1.165, 1.54) is 36.5 Å². The normalized spacial score (nSPS) is 16.4. The van der Waals surface area contributed by atoms with Gasteiger partial charge in [0.1, 0.15) is 24.0 Å². The van der Waals surface area contributed by atoms with E-state index in [1.807, 2.05) is 0 Å². The van der Waals surface area contributed by atoms with Crippen LogP contribution in [0.5, 0.6) is 0 Å². The number of anilines is 5. The summed E-state index contributed by atoms with van der Waals surface area (Å²) in [6.45, 7) is 0.185. The first-order chi connectivity index (χ1) is 16.6. The van der Waals surface area contributed by atoms with Crippen LogP contribution < -0.4 is 20.3 Å². The number of rotatable bonds is 7. The molecule has 0 saturated carbocycles. The highest BCUT2D eigenvalue weighted by Crippen LogP contribution is 2.40. The molecular weight excluding hydrogens is 505 g/mol. The van der Waals surface area contributed by atoms with Crippen LogP contribution in [0.25, 0.3) is 0 Å². The Bertz CT molecular complexity index is 1310. The molecular formula is C22H22ClF3N6O2S. The Morgan fingerprint density at radius 2 is 1.71 bits per heavy atom. The van der Waals surface area contributed by atoms with Crippen LogP contribution in [0.15, 0.2) is 59.8 Å². The first-order valence-corrected chi connectivity index (χ1v) is 12.5. The molecule has 0 radical (unpaired) electrons. The molecule has 1 atom stereocenters. The molecule has 1 aliphatic heterocycles. The minimum atomic E-state index is -4.42. The van der Waals surface area contributed by atoms with Crippen LogP contribution in [0.3, 0.4) is 0 Å². The second kappa shape index (κ2) is 9.88. The van der Waals surface area contributed by atoms with E-state index in [-0.39, 0.29) is 35.1 Å². The number of hydrogen-bond donors (Lipinski definition) is 3. The molecule has 1 saturated heterocycles. The van der Waals surface area contributed by atoms with Gasteiger partial charge in [-0.2, -0.15) is 13.2 Å². The molecule has 0 bridgehead atoms. The Balaban J connectivity index is 1.69. The summed E-state index contributed by atoms with van der Waals surface area (Å²) in [7, 11) is -2.57. The number of hydrogen-bond acceptors (Lipinski definition) is 7. The molecule has 186 valence electrons. The van der Waals surface area contributed by atoms with Gasteiger partial charge in [0.15, 0.2) is 0 Å². The number of nitrogens with zero attached hydrogens (tertiary/aromatic N) is 3. The fourth-order valence-electron chi connectivity index (χ4n) is 3.86. The van der Waals surface area contributed by atoms with Gasteiger partial charge in [-0.25, -0.2) is 23.1 Å². The smallest absolute Gasteiger partial charge is 0.358 e. The number of sulfonamides is 1. The second-order valence-corrected chi connectivity index (χ2v) is 10.1. The Kier molecular flexibility index (Phi) is 7.06. The summed E-state index contributed by atoms with van der Waals surface area (Å²) in [4.78, 5) is 9.45. The van der Waals surface area contributed by atoms with Gasteiger partial charge in [-0.1, -0.05) is 11.6 Å². The lowest BCUT2D eigenvalue weighted by molar-refractivity contribution is -0.145. The summed E-state index contributed by atoms with van der Waals surface area (Å²) in [6, 6.07) is 10.8. The Labute approximate surface area is 205 Å². The SMILES string of the molecule is CNS(=O)(=O)c1ccc(N2CCCC2C(F)(F)F)c(Nc2cc(Nc3ccc(Cl)cc3)ncn2)c1. The lowest BCUT2D eigenvalue weighted by Gasteiger charge is -2.30. The van der Waals surface area contributed by atoms with Crippen LogP contribution >= 0.6 is 11.6 Å². The van der Waals surface area contributed by atoms with Gasteiger partial charge in [-0.15, -0.1) is 0 Å². The van der Waals surface area contributed by atoms with E-state index in [1.54, 1.807) is 30.3 Å². The highest BCUT2D eigenvalue weighted by Gasteiger charge is 2.46. The van der Waals surface area contributed by atoms with Crippen LogP contribution in [0, 0.1) is 0 Å². The van der Waals surface area contributed by atoms with Gasteiger partial charge in [0.25, 0.3) is 0 Å². The van der Waals surface area contributed by atoms with Crippen molar-refractivity contribution in [3.8, 4) is 0 Å². The molecule has 3 N–H and O–H groups in total. The third kappa shape index (κ3) is 5.77. The van der Waals surface area contributed by atoms with Gasteiger partial charge in [-0.3, -0.25) is 0 Å². The van der Waals surface area contributed by atoms with Gasteiger partial charge >= 0.3 is 6.18 Å². The number of aromatic nitrogens is 2. The topological polar surface area (TPSA) is 99.2 Å². The van der Waals surface area contributed by atoms with Crippen LogP contribution in [0.4, 0.5) is 41.9 Å².